The SMILES string of the molecule is CC1=CC(c2ccc(C(C)C)s2)=CC2(C)CC12. The Balaban J connectivity index is 1.96. The van der Waals surface area contributed by atoms with E-state index in [0.717, 1.165) is 5.92 Å². The van der Waals surface area contributed by atoms with E-state index in [2.05, 4.69) is 52.0 Å². The zero-order valence-electron chi connectivity index (χ0n) is 11.1. The van der Waals surface area contributed by atoms with Crippen molar-refractivity contribution in [2.24, 2.45) is 11.3 Å². The fourth-order valence-electron chi connectivity index (χ4n) is 2.92. The third kappa shape index (κ3) is 1.81. The molecule has 2 atom stereocenters. The van der Waals surface area contributed by atoms with Crippen molar-refractivity contribution in [3.8, 4) is 0 Å². The highest BCUT2D eigenvalue weighted by atomic mass is 32.1. The van der Waals surface area contributed by atoms with E-state index in [1.54, 1.807) is 5.57 Å². The van der Waals surface area contributed by atoms with Gasteiger partial charge in [0.05, 0.1) is 0 Å². The summed E-state index contributed by atoms with van der Waals surface area (Å²) in [6.45, 7) is 9.22. The molecular formula is C16H20S. The monoisotopic (exact) mass is 244 g/mol. The van der Waals surface area contributed by atoms with Crippen LogP contribution >= 0.6 is 11.3 Å². The van der Waals surface area contributed by atoms with Crippen LogP contribution in [-0.4, -0.2) is 0 Å². The lowest BCUT2D eigenvalue weighted by atomic mass is 9.92. The smallest absolute Gasteiger partial charge is 0.0342 e. The van der Waals surface area contributed by atoms with E-state index in [0.29, 0.717) is 11.3 Å². The minimum Gasteiger partial charge on any atom is -0.140 e. The molecule has 0 aromatic carbocycles. The summed E-state index contributed by atoms with van der Waals surface area (Å²) in [6.07, 6.45) is 6.25. The Labute approximate surface area is 108 Å². The van der Waals surface area contributed by atoms with Crippen molar-refractivity contribution >= 4 is 16.9 Å². The summed E-state index contributed by atoms with van der Waals surface area (Å²) in [4.78, 5) is 2.94. The summed E-state index contributed by atoms with van der Waals surface area (Å²) in [6, 6.07) is 4.58. The van der Waals surface area contributed by atoms with Gasteiger partial charge in [-0.05, 0) is 48.3 Å². The van der Waals surface area contributed by atoms with Crippen LogP contribution in [-0.2, 0) is 0 Å². The zero-order chi connectivity index (χ0) is 12.2. The minimum absolute atomic E-state index is 0.468. The van der Waals surface area contributed by atoms with Gasteiger partial charge in [0.2, 0.25) is 0 Å². The first-order valence-electron chi connectivity index (χ1n) is 6.51. The fraction of sp³-hybridized carbons (Fsp3) is 0.500. The van der Waals surface area contributed by atoms with Crippen LogP contribution in [0.15, 0.2) is 29.9 Å². The van der Waals surface area contributed by atoms with Gasteiger partial charge in [-0.1, -0.05) is 38.5 Å². The minimum atomic E-state index is 0.468. The first-order valence-corrected chi connectivity index (χ1v) is 7.32. The molecule has 1 saturated carbocycles. The largest absolute Gasteiger partial charge is 0.140 e. The summed E-state index contributed by atoms with van der Waals surface area (Å²) in [5, 5.41) is 0. The summed E-state index contributed by atoms with van der Waals surface area (Å²) < 4.78 is 0. The Morgan fingerprint density at radius 3 is 2.71 bits per heavy atom. The molecule has 90 valence electrons. The molecule has 2 aliphatic rings. The number of allylic oxidation sites excluding steroid dienone is 4. The van der Waals surface area contributed by atoms with Gasteiger partial charge >= 0.3 is 0 Å². The lowest BCUT2D eigenvalue weighted by Crippen LogP contribution is -2.00. The highest BCUT2D eigenvalue weighted by molar-refractivity contribution is 7.13. The van der Waals surface area contributed by atoms with Crippen molar-refractivity contribution in [3.63, 3.8) is 0 Å². The van der Waals surface area contributed by atoms with Gasteiger partial charge in [0.1, 0.15) is 0 Å². The van der Waals surface area contributed by atoms with Gasteiger partial charge in [0.25, 0.3) is 0 Å². The molecule has 1 heteroatoms. The second-order valence-electron chi connectivity index (χ2n) is 6.11. The average Bonchev–Trinajstić information content (AvgIpc) is 2.76. The van der Waals surface area contributed by atoms with Gasteiger partial charge in [0.15, 0.2) is 0 Å². The first-order chi connectivity index (χ1) is 7.99. The van der Waals surface area contributed by atoms with E-state index >= 15 is 0 Å². The predicted octanol–water partition coefficient (Wildman–Crippen LogP) is 5.24. The normalized spacial score (nSPS) is 31.0. The molecule has 0 radical (unpaired) electrons. The topological polar surface area (TPSA) is 0 Å². The molecule has 1 fully saturated rings. The van der Waals surface area contributed by atoms with Crippen molar-refractivity contribution in [2.45, 2.75) is 40.0 Å². The van der Waals surface area contributed by atoms with Crippen LogP contribution in [0.25, 0.3) is 5.57 Å². The molecular weight excluding hydrogens is 224 g/mol. The molecule has 1 heterocycles. The van der Waals surface area contributed by atoms with Crippen LogP contribution in [0.3, 0.4) is 0 Å². The summed E-state index contributed by atoms with van der Waals surface area (Å²) in [5.41, 5.74) is 3.50. The van der Waals surface area contributed by atoms with E-state index in [-0.39, 0.29) is 0 Å². The fourth-order valence-corrected chi connectivity index (χ4v) is 3.92. The number of thiophene rings is 1. The lowest BCUT2D eigenvalue weighted by molar-refractivity contribution is 0.673. The van der Waals surface area contributed by atoms with Crippen LogP contribution < -0.4 is 0 Å². The van der Waals surface area contributed by atoms with Crippen molar-refractivity contribution in [3.05, 3.63) is 39.6 Å². The van der Waals surface area contributed by atoms with Crippen LogP contribution in [0.2, 0.25) is 0 Å². The second kappa shape index (κ2) is 3.58. The summed E-state index contributed by atoms with van der Waals surface area (Å²) in [5.74, 6) is 1.48. The van der Waals surface area contributed by atoms with Crippen LogP contribution in [0.4, 0.5) is 0 Å². The molecule has 0 saturated heterocycles. The van der Waals surface area contributed by atoms with E-state index in [1.165, 1.54) is 21.7 Å². The number of rotatable bonds is 2. The Hall–Kier alpha value is -0.820. The maximum absolute atomic E-state index is 2.50. The number of hydrogen-bond donors (Lipinski definition) is 0. The van der Waals surface area contributed by atoms with E-state index in [4.69, 9.17) is 0 Å². The van der Waals surface area contributed by atoms with Crippen LogP contribution in [0.5, 0.6) is 0 Å². The molecule has 0 bridgehead atoms. The quantitative estimate of drug-likeness (QED) is 0.667. The molecule has 0 nitrogen and oxygen atoms in total. The Kier molecular flexibility index (Phi) is 2.38. The van der Waals surface area contributed by atoms with Gasteiger partial charge in [-0.3, -0.25) is 0 Å². The summed E-state index contributed by atoms with van der Waals surface area (Å²) in [7, 11) is 0. The second-order valence-corrected chi connectivity index (χ2v) is 7.22. The molecule has 2 unspecified atom stereocenters. The molecule has 0 N–H and O–H groups in total. The highest BCUT2D eigenvalue weighted by Crippen LogP contribution is 2.60. The van der Waals surface area contributed by atoms with Crippen molar-refractivity contribution < 1.29 is 0 Å². The highest BCUT2D eigenvalue weighted by Gasteiger charge is 2.50. The number of fused-ring (bicyclic) bond motifs is 1. The standard InChI is InChI=1S/C16H20S/c1-10(2)14-5-6-15(17-14)12-7-11(3)13-9-16(13,4)8-12/h5-8,10,13H,9H2,1-4H3. The molecule has 2 aliphatic carbocycles. The molecule has 0 aliphatic heterocycles. The predicted molar refractivity (Wildman–Crippen MR) is 76.4 cm³/mol. The van der Waals surface area contributed by atoms with Gasteiger partial charge < -0.3 is 0 Å². The van der Waals surface area contributed by atoms with E-state index in [1.807, 2.05) is 11.3 Å². The van der Waals surface area contributed by atoms with Gasteiger partial charge in [-0.15, -0.1) is 11.3 Å². The van der Waals surface area contributed by atoms with Gasteiger partial charge in [0, 0.05) is 9.75 Å². The molecule has 1 aromatic heterocycles. The molecule has 1 aromatic rings. The number of hydrogen-bond acceptors (Lipinski definition) is 1. The third-order valence-electron chi connectivity index (χ3n) is 4.18. The first kappa shape index (κ1) is 11.3. The Bertz CT molecular complexity index is 515. The molecule has 3 rings (SSSR count). The Morgan fingerprint density at radius 1 is 1.35 bits per heavy atom. The molecule has 17 heavy (non-hydrogen) atoms. The maximum Gasteiger partial charge on any atom is 0.0342 e. The van der Waals surface area contributed by atoms with Crippen LogP contribution in [0, 0.1) is 11.3 Å². The van der Waals surface area contributed by atoms with Crippen molar-refractivity contribution in [2.75, 3.05) is 0 Å². The van der Waals surface area contributed by atoms with Gasteiger partial charge in [-0.2, -0.15) is 0 Å². The van der Waals surface area contributed by atoms with Gasteiger partial charge in [-0.25, -0.2) is 0 Å². The van der Waals surface area contributed by atoms with Crippen molar-refractivity contribution in [1.82, 2.24) is 0 Å². The van der Waals surface area contributed by atoms with E-state index in [9.17, 15) is 0 Å². The van der Waals surface area contributed by atoms with E-state index < -0.39 is 0 Å². The lowest BCUT2D eigenvalue weighted by Gasteiger charge is -2.15. The molecule has 0 amide bonds. The van der Waals surface area contributed by atoms with Crippen molar-refractivity contribution in [1.29, 1.82) is 0 Å². The summed E-state index contributed by atoms with van der Waals surface area (Å²) >= 11 is 1.96. The third-order valence-corrected chi connectivity index (χ3v) is 5.61. The molecule has 0 spiro atoms. The average molecular weight is 244 g/mol. The maximum atomic E-state index is 2.50. The zero-order valence-corrected chi connectivity index (χ0v) is 11.9. The Morgan fingerprint density at radius 2 is 2.12 bits per heavy atom. The van der Waals surface area contributed by atoms with Crippen LogP contribution in [0.1, 0.15) is 49.8 Å².